The zero-order chi connectivity index (χ0) is 19.3. The predicted molar refractivity (Wildman–Crippen MR) is 98.8 cm³/mol. The monoisotopic (exact) mass is 356 g/mol. The molecule has 26 heavy (non-hydrogen) atoms. The van der Waals surface area contributed by atoms with E-state index in [1.807, 2.05) is 12.1 Å². The third kappa shape index (κ3) is 4.85. The minimum absolute atomic E-state index is 0.0242. The summed E-state index contributed by atoms with van der Waals surface area (Å²) in [5.74, 6) is -1.59. The van der Waals surface area contributed by atoms with Gasteiger partial charge in [-0.2, -0.15) is 0 Å². The van der Waals surface area contributed by atoms with Gasteiger partial charge in [0.1, 0.15) is 0 Å². The molecule has 138 valence electrons. The van der Waals surface area contributed by atoms with Crippen molar-refractivity contribution in [3.8, 4) is 11.5 Å². The van der Waals surface area contributed by atoms with E-state index < -0.39 is 11.7 Å². The summed E-state index contributed by atoms with van der Waals surface area (Å²) in [5.41, 5.74) is 2.02. The van der Waals surface area contributed by atoms with Crippen molar-refractivity contribution < 1.29 is 24.9 Å². The van der Waals surface area contributed by atoms with Crippen LogP contribution in [0, 0.1) is 5.92 Å². The number of benzene rings is 2. The highest BCUT2D eigenvalue weighted by Crippen LogP contribution is 2.34. The van der Waals surface area contributed by atoms with Gasteiger partial charge in [0.2, 0.25) is 0 Å². The van der Waals surface area contributed by atoms with E-state index in [2.05, 4.69) is 13.8 Å². The second kappa shape index (κ2) is 8.52. The van der Waals surface area contributed by atoms with Crippen LogP contribution in [-0.4, -0.2) is 27.1 Å². The summed E-state index contributed by atoms with van der Waals surface area (Å²) in [5, 5.41) is 29.0. The van der Waals surface area contributed by atoms with Crippen LogP contribution in [0.25, 0.3) is 0 Å². The average molecular weight is 356 g/mol. The van der Waals surface area contributed by atoms with Crippen LogP contribution in [0.3, 0.4) is 0 Å². The molecule has 0 saturated heterocycles. The molecule has 0 spiro atoms. The van der Waals surface area contributed by atoms with E-state index in [1.165, 1.54) is 6.07 Å². The molecule has 5 heteroatoms. The molecule has 0 heterocycles. The number of hydrogen-bond acceptors (Lipinski definition) is 4. The molecule has 2 rings (SSSR count). The van der Waals surface area contributed by atoms with Crippen LogP contribution in [0.2, 0.25) is 0 Å². The Morgan fingerprint density at radius 2 is 1.62 bits per heavy atom. The first kappa shape index (κ1) is 19.5. The fourth-order valence-electron chi connectivity index (χ4n) is 2.86. The van der Waals surface area contributed by atoms with E-state index >= 15 is 0 Å². The van der Waals surface area contributed by atoms with Gasteiger partial charge in [-0.05, 0) is 42.4 Å². The van der Waals surface area contributed by atoms with E-state index in [-0.39, 0.29) is 23.5 Å². The lowest BCUT2D eigenvalue weighted by molar-refractivity contribution is -0.137. The molecule has 2 aromatic rings. The number of aromatic hydroxyl groups is 2. The van der Waals surface area contributed by atoms with Crippen molar-refractivity contribution in [2.24, 2.45) is 5.92 Å². The van der Waals surface area contributed by atoms with Crippen LogP contribution in [0.5, 0.6) is 11.5 Å². The lowest BCUT2D eigenvalue weighted by Gasteiger charge is -2.11. The number of hydrogen-bond donors (Lipinski definition) is 3. The van der Waals surface area contributed by atoms with Crippen molar-refractivity contribution in [3.05, 3.63) is 58.7 Å². The highest BCUT2D eigenvalue weighted by atomic mass is 16.4. The molecule has 0 saturated carbocycles. The van der Waals surface area contributed by atoms with E-state index in [0.29, 0.717) is 29.9 Å². The zero-order valence-corrected chi connectivity index (χ0v) is 15.0. The maximum atomic E-state index is 12.6. The third-order valence-electron chi connectivity index (χ3n) is 4.18. The van der Waals surface area contributed by atoms with Gasteiger partial charge in [0.05, 0.1) is 5.56 Å². The van der Waals surface area contributed by atoms with Crippen LogP contribution < -0.4 is 0 Å². The summed E-state index contributed by atoms with van der Waals surface area (Å²) in [4.78, 5) is 23.2. The maximum absolute atomic E-state index is 12.6. The zero-order valence-electron chi connectivity index (χ0n) is 15.0. The Hall–Kier alpha value is -2.82. The van der Waals surface area contributed by atoms with Crippen molar-refractivity contribution in [2.45, 2.75) is 39.5 Å². The molecular formula is C21H24O5. The van der Waals surface area contributed by atoms with Gasteiger partial charge in [0.25, 0.3) is 0 Å². The Kier molecular flexibility index (Phi) is 6.39. The Bertz CT molecular complexity index is 791. The van der Waals surface area contributed by atoms with Crippen molar-refractivity contribution >= 4 is 11.8 Å². The summed E-state index contributed by atoms with van der Waals surface area (Å²) >= 11 is 0. The number of aryl methyl sites for hydroxylation is 1. The van der Waals surface area contributed by atoms with Crippen molar-refractivity contribution in [3.63, 3.8) is 0 Å². The van der Waals surface area contributed by atoms with Crippen molar-refractivity contribution in [1.29, 1.82) is 0 Å². The van der Waals surface area contributed by atoms with Gasteiger partial charge < -0.3 is 15.3 Å². The quantitative estimate of drug-likeness (QED) is 0.492. The number of phenolic OH excluding ortho intramolecular Hbond substituents is 2. The molecule has 0 unspecified atom stereocenters. The molecule has 3 N–H and O–H groups in total. The Morgan fingerprint density at radius 1 is 0.962 bits per heavy atom. The van der Waals surface area contributed by atoms with E-state index in [9.17, 15) is 19.8 Å². The first-order chi connectivity index (χ1) is 12.3. The number of carbonyl (C=O) groups is 2. The molecule has 0 amide bonds. The number of phenols is 2. The number of carbonyl (C=O) groups excluding carboxylic acids is 1. The van der Waals surface area contributed by atoms with Crippen LogP contribution in [0.15, 0.2) is 36.4 Å². The van der Waals surface area contributed by atoms with Crippen LogP contribution in [0.1, 0.15) is 53.7 Å². The number of carboxylic acids is 1. The summed E-state index contributed by atoms with van der Waals surface area (Å²) in [7, 11) is 0. The summed E-state index contributed by atoms with van der Waals surface area (Å²) in [6, 6.07) is 10.2. The van der Waals surface area contributed by atoms with Crippen LogP contribution in [0.4, 0.5) is 0 Å². The molecule has 5 nitrogen and oxygen atoms in total. The van der Waals surface area contributed by atoms with E-state index in [0.717, 1.165) is 12.0 Å². The van der Waals surface area contributed by atoms with Gasteiger partial charge in [0, 0.05) is 12.0 Å². The van der Waals surface area contributed by atoms with E-state index in [1.54, 1.807) is 18.2 Å². The molecule has 0 atom stereocenters. The van der Waals surface area contributed by atoms with Crippen LogP contribution >= 0.6 is 0 Å². The van der Waals surface area contributed by atoms with Gasteiger partial charge in [-0.25, -0.2) is 0 Å². The Labute approximate surface area is 152 Å². The Morgan fingerprint density at radius 3 is 2.19 bits per heavy atom. The fraction of sp³-hybridized carbons (Fsp3) is 0.333. The van der Waals surface area contributed by atoms with Gasteiger partial charge in [-0.15, -0.1) is 0 Å². The van der Waals surface area contributed by atoms with Gasteiger partial charge in [-0.3, -0.25) is 9.59 Å². The maximum Gasteiger partial charge on any atom is 0.303 e. The molecule has 2 aromatic carbocycles. The molecule has 0 aliphatic rings. The highest BCUT2D eigenvalue weighted by Gasteiger charge is 2.19. The smallest absolute Gasteiger partial charge is 0.303 e. The van der Waals surface area contributed by atoms with Crippen molar-refractivity contribution in [2.75, 3.05) is 0 Å². The minimum Gasteiger partial charge on any atom is -0.504 e. The minimum atomic E-state index is -0.915. The standard InChI is InChI=1S/C21H24O5/c1-13(2)12-14-6-8-16(9-7-14)19(24)17-11-10-15(20(25)21(17)26)4-3-5-18(22)23/h6-11,13,25-26H,3-5,12H2,1-2H3,(H,22,23). The lowest BCUT2D eigenvalue weighted by atomic mass is 9.96. The number of ketones is 1. The Balaban J connectivity index is 2.18. The fourth-order valence-corrected chi connectivity index (χ4v) is 2.86. The summed E-state index contributed by atoms with van der Waals surface area (Å²) < 4.78 is 0. The topological polar surface area (TPSA) is 94.8 Å². The summed E-state index contributed by atoms with van der Waals surface area (Å²) in [6.07, 6.45) is 1.55. The first-order valence-electron chi connectivity index (χ1n) is 8.68. The molecule has 0 bridgehead atoms. The van der Waals surface area contributed by atoms with Gasteiger partial charge >= 0.3 is 5.97 Å². The number of aliphatic carboxylic acids is 1. The second-order valence-corrected chi connectivity index (χ2v) is 6.84. The summed E-state index contributed by atoms with van der Waals surface area (Å²) in [6.45, 7) is 4.25. The van der Waals surface area contributed by atoms with E-state index in [4.69, 9.17) is 5.11 Å². The second-order valence-electron chi connectivity index (χ2n) is 6.84. The SMILES string of the molecule is CC(C)Cc1ccc(C(=O)c2ccc(CCCC(=O)O)c(O)c2O)cc1. The average Bonchev–Trinajstić information content (AvgIpc) is 2.58. The van der Waals surface area contributed by atoms with Crippen molar-refractivity contribution in [1.82, 2.24) is 0 Å². The third-order valence-corrected chi connectivity index (χ3v) is 4.18. The normalized spacial score (nSPS) is 10.9. The molecule has 0 aromatic heterocycles. The van der Waals surface area contributed by atoms with Crippen LogP contribution in [-0.2, 0) is 17.6 Å². The molecular weight excluding hydrogens is 332 g/mol. The van der Waals surface area contributed by atoms with Gasteiger partial charge in [-0.1, -0.05) is 44.2 Å². The predicted octanol–water partition coefficient (Wildman–Crippen LogP) is 3.93. The molecule has 0 fully saturated rings. The van der Waals surface area contributed by atoms with Gasteiger partial charge in [0.15, 0.2) is 17.3 Å². The molecule has 0 aliphatic heterocycles. The first-order valence-corrected chi connectivity index (χ1v) is 8.68. The highest BCUT2D eigenvalue weighted by molar-refractivity contribution is 6.11. The number of carboxylic acid groups (broad SMARTS) is 1. The largest absolute Gasteiger partial charge is 0.504 e. The number of rotatable bonds is 8. The lowest BCUT2D eigenvalue weighted by Crippen LogP contribution is -2.04. The molecule has 0 radical (unpaired) electrons. The molecule has 0 aliphatic carbocycles.